The molecule has 0 fully saturated rings. The van der Waals surface area contributed by atoms with Crippen molar-refractivity contribution in [3.8, 4) is 0 Å². The first-order valence-corrected chi connectivity index (χ1v) is 5.77. The van der Waals surface area contributed by atoms with Crippen LogP contribution >= 0.6 is 40.2 Å². The van der Waals surface area contributed by atoms with Gasteiger partial charge in [-0.05, 0) is 35.9 Å². The summed E-state index contributed by atoms with van der Waals surface area (Å²) in [5.74, 6) is 0.870. The molecular weight excluding hydrogens is 268 g/mol. The Morgan fingerprint density at radius 3 is 2.92 bits per heavy atom. The maximum atomic E-state index is 5.86. The maximum absolute atomic E-state index is 5.86. The van der Waals surface area contributed by atoms with E-state index in [0.717, 1.165) is 27.2 Å². The molecule has 0 atom stereocenters. The van der Waals surface area contributed by atoms with E-state index in [4.69, 9.17) is 11.6 Å². The van der Waals surface area contributed by atoms with Gasteiger partial charge in [-0.1, -0.05) is 39.7 Å². The molecule has 0 unspecified atom stereocenters. The fourth-order valence-corrected chi connectivity index (χ4v) is 1.64. The molecule has 13 heavy (non-hydrogen) atoms. The topological polar surface area (TPSA) is 0 Å². The van der Waals surface area contributed by atoms with Crippen molar-refractivity contribution in [1.29, 1.82) is 0 Å². The third-order valence-electron chi connectivity index (χ3n) is 1.55. The molecule has 0 amide bonds. The van der Waals surface area contributed by atoms with Crippen LogP contribution in [-0.2, 0) is 0 Å². The van der Waals surface area contributed by atoms with E-state index in [-0.39, 0.29) is 0 Å². The van der Waals surface area contributed by atoms with Crippen LogP contribution < -0.4 is 0 Å². The average Bonchev–Trinajstić information content (AvgIpc) is 2.11. The molecular formula is C10H10BrClS. The lowest BCUT2D eigenvalue weighted by Gasteiger charge is -1.98. The summed E-state index contributed by atoms with van der Waals surface area (Å²) in [6, 6.07) is 5.74. The minimum atomic E-state index is 0.758. The van der Waals surface area contributed by atoms with Crippen molar-refractivity contribution in [2.75, 3.05) is 5.75 Å². The summed E-state index contributed by atoms with van der Waals surface area (Å²) in [5.41, 5.74) is 1.11. The summed E-state index contributed by atoms with van der Waals surface area (Å²) in [4.78, 5) is 0. The van der Waals surface area contributed by atoms with Crippen LogP contribution in [0.25, 0.3) is 6.08 Å². The van der Waals surface area contributed by atoms with Gasteiger partial charge in [0.25, 0.3) is 0 Å². The molecule has 70 valence electrons. The molecule has 0 aliphatic carbocycles. The summed E-state index contributed by atoms with van der Waals surface area (Å²) >= 11 is 13.4. The number of halogens is 2. The molecule has 0 aliphatic heterocycles. The highest BCUT2D eigenvalue weighted by Gasteiger charge is 1.95. The minimum Gasteiger partial charge on any atom is -0.179 e. The molecule has 1 aromatic rings. The van der Waals surface area contributed by atoms with E-state index >= 15 is 0 Å². The van der Waals surface area contributed by atoms with Crippen LogP contribution in [0.2, 0.25) is 5.02 Å². The van der Waals surface area contributed by atoms with Gasteiger partial charge in [0.15, 0.2) is 0 Å². The van der Waals surface area contributed by atoms with E-state index in [1.54, 1.807) is 0 Å². The van der Waals surface area contributed by atoms with Crippen LogP contribution in [0, 0.1) is 0 Å². The number of hydrogen-bond donors (Lipinski definition) is 1. The maximum Gasteiger partial charge on any atom is 0.0412 e. The minimum absolute atomic E-state index is 0.758. The summed E-state index contributed by atoms with van der Waals surface area (Å²) in [6.07, 6.45) is 5.11. The van der Waals surface area contributed by atoms with E-state index in [9.17, 15) is 0 Å². The van der Waals surface area contributed by atoms with Crippen LogP contribution in [0.4, 0.5) is 0 Å². The molecule has 0 saturated carbocycles. The van der Waals surface area contributed by atoms with E-state index in [0.29, 0.717) is 0 Å². The molecule has 0 aromatic heterocycles. The van der Waals surface area contributed by atoms with E-state index in [2.05, 4.69) is 34.6 Å². The number of hydrogen-bond acceptors (Lipinski definition) is 1. The zero-order chi connectivity index (χ0) is 9.68. The lowest BCUT2D eigenvalue weighted by atomic mass is 10.2. The number of benzene rings is 1. The molecule has 0 spiro atoms. The van der Waals surface area contributed by atoms with Crippen molar-refractivity contribution >= 4 is 46.2 Å². The van der Waals surface area contributed by atoms with Gasteiger partial charge in [-0.2, -0.15) is 12.6 Å². The van der Waals surface area contributed by atoms with Gasteiger partial charge in [0.2, 0.25) is 0 Å². The number of rotatable bonds is 3. The summed E-state index contributed by atoms with van der Waals surface area (Å²) in [5, 5.41) is 0.758. The van der Waals surface area contributed by atoms with E-state index in [1.165, 1.54) is 0 Å². The Labute approximate surface area is 97.5 Å². The predicted molar refractivity (Wildman–Crippen MR) is 66.7 cm³/mol. The first-order valence-electron chi connectivity index (χ1n) is 3.96. The predicted octanol–water partition coefficient (Wildman–Crippen LogP) is 4.44. The fourth-order valence-electron chi connectivity index (χ4n) is 0.927. The molecule has 0 aliphatic rings. The monoisotopic (exact) mass is 276 g/mol. The quantitative estimate of drug-likeness (QED) is 0.776. The van der Waals surface area contributed by atoms with Crippen LogP contribution in [0.5, 0.6) is 0 Å². The molecule has 1 rings (SSSR count). The van der Waals surface area contributed by atoms with Crippen LogP contribution in [0.15, 0.2) is 28.7 Å². The first kappa shape index (κ1) is 11.2. The van der Waals surface area contributed by atoms with Gasteiger partial charge in [0, 0.05) is 9.50 Å². The highest BCUT2D eigenvalue weighted by Crippen LogP contribution is 2.22. The Bertz CT molecular complexity index is 310. The van der Waals surface area contributed by atoms with Crippen molar-refractivity contribution in [1.82, 2.24) is 0 Å². The summed E-state index contributed by atoms with van der Waals surface area (Å²) < 4.78 is 1.06. The largest absolute Gasteiger partial charge is 0.179 e. The van der Waals surface area contributed by atoms with E-state index in [1.807, 2.05) is 24.3 Å². The molecule has 3 heteroatoms. The smallest absolute Gasteiger partial charge is 0.0412 e. The van der Waals surface area contributed by atoms with Gasteiger partial charge in [0.1, 0.15) is 0 Å². The zero-order valence-corrected chi connectivity index (χ0v) is 10.2. The Morgan fingerprint density at radius 1 is 1.46 bits per heavy atom. The molecule has 0 radical (unpaired) electrons. The molecule has 0 bridgehead atoms. The zero-order valence-electron chi connectivity index (χ0n) is 7.00. The van der Waals surface area contributed by atoms with Crippen LogP contribution in [0.3, 0.4) is 0 Å². The highest BCUT2D eigenvalue weighted by atomic mass is 79.9. The fraction of sp³-hybridized carbons (Fsp3) is 0.200. The summed E-state index contributed by atoms with van der Waals surface area (Å²) in [7, 11) is 0. The lowest BCUT2D eigenvalue weighted by Crippen LogP contribution is -1.76. The first-order chi connectivity index (χ1) is 6.24. The Morgan fingerprint density at radius 2 is 2.23 bits per heavy atom. The Kier molecular flexibility index (Phi) is 4.92. The van der Waals surface area contributed by atoms with Crippen molar-refractivity contribution in [2.45, 2.75) is 6.42 Å². The third-order valence-corrected chi connectivity index (χ3v) is 2.77. The van der Waals surface area contributed by atoms with Gasteiger partial charge in [-0.15, -0.1) is 0 Å². The highest BCUT2D eigenvalue weighted by molar-refractivity contribution is 9.10. The standard InChI is InChI=1S/C10H10BrClS/c11-10-5-4-9(12)7-8(10)3-1-2-6-13/h1,3-5,7,13H,2,6H2. The molecule has 0 heterocycles. The van der Waals surface area contributed by atoms with Crippen molar-refractivity contribution < 1.29 is 0 Å². The van der Waals surface area contributed by atoms with E-state index < -0.39 is 0 Å². The normalized spacial score (nSPS) is 11.0. The SMILES string of the molecule is SCCC=Cc1cc(Cl)ccc1Br. The van der Waals surface area contributed by atoms with Crippen molar-refractivity contribution in [3.05, 3.63) is 39.3 Å². The van der Waals surface area contributed by atoms with Crippen molar-refractivity contribution in [2.24, 2.45) is 0 Å². The molecule has 0 N–H and O–H groups in total. The van der Waals surface area contributed by atoms with Gasteiger partial charge in [-0.25, -0.2) is 0 Å². The second-order valence-electron chi connectivity index (χ2n) is 2.58. The van der Waals surface area contributed by atoms with Gasteiger partial charge in [0.05, 0.1) is 0 Å². The van der Waals surface area contributed by atoms with Crippen LogP contribution in [-0.4, -0.2) is 5.75 Å². The molecule has 1 aromatic carbocycles. The van der Waals surface area contributed by atoms with Gasteiger partial charge in [-0.3, -0.25) is 0 Å². The number of allylic oxidation sites excluding steroid dienone is 1. The van der Waals surface area contributed by atoms with Crippen LogP contribution in [0.1, 0.15) is 12.0 Å². The third kappa shape index (κ3) is 3.75. The average molecular weight is 278 g/mol. The number of thiol groups is 1. The van der Waals surface area contributed by atoms with Gasteiger partial charge >= 0.3 is 0 Å². The second-order valence-corrected chi connectivity index (χ2v) is 4.32. The van der Waals surface area contributed by atoms with Crippen molar-refractivity contribution in [3.63, 3.8) is 0 Å². The Hall–Kier alpha value is 0.0800. The summed E-state index contributed by atoms with van der Waals surface area (Å²) in [6.45, 7) is 0. The second kappa shape index (κ2) is 5.74. The van der Waals surface area contributed by atoms with Gasteiger partial charge < -0.3 is 0 Å². The lowest BCUT2D eigenvalue weighted by molar-refractivity contribution is 1.26. The Balaban J connectivity index is 2.81. The molecule has 0 saturated heterocycles. The molecule has 0 nitrogen and oxygen atoms in total.